The van der Waals surface area contributed by atoms with Crippen LogP contribution in [0.25, 0.3) is 0 Å². The number of nitrogens with one attached hydrogen (secondary N) is 2. The third-order valence-corrected chi connectivity index (χ3v) is 5.06. The Labute approximate surface area is 141 Å². The van der Waals surface area contributed by atoms with Gasteiger partial charge in [-0.25, -0.2) is 17.5 Å². The van der Waals surface area contributed by atoms with Gasteiger partial charge in [0.2, 0.25) is 15.9 Å². The van der Waals surface area contributed by atoms with Crippen LogP contribution in [0.15, 0.2) is 47.4 Å². The number of carbonyl (C=O) groups excluding carboxylic acids is 1. The smallest absolute Gasteiger partial charge is 0.241 e. The van der Waals surface area contributed by atoms with Crippen LogP contribution in [0, 0.1) is 12.7 Å². The summed E-state index contributed by atoms with van der Waals surface area (Å²) in [5, 5.41) is 2.62. The summed E-state index contributed by atoms with van der Waals surface area (Å²) in [6.45, 7) is 3.11. The van der Waals surface area contributed by atoms with Crippen LogP contribution in [0.2, 0.25) is 0 Å². The molecule has 0 heterocycles. The van der Waals surface area contributed by atoms with E-state index in [1.807, 2.05) is 19.1 Å². The van der Waals surface area contributed by atoms with Crippen molar-refractivity contribution in [2.45, 2.75) is 25.2 Å². The highest BCUT2D eigenvalue weighted by molar-refractivity contribution is 7.89. The standard InChI is InChI=1S/C17H19FN2O3S/c1-3-13-4-7-15(8-5-13)20-17(21)11-19-24(22,23)16-9-6-14(18)10-12(16)2/h4-10,19H,3,11H2,1-2H3,(H,20,21). The number of halogens is 1. The van der Waals surface area contributed by atoms with Gasteiger partial charge in [0.15, 0.2) is 0 Å². The fourth-order valence-corrected chi connectivity index (χ4v) is 3.39. The number of carbonyl (C=O) groups is 1. The van der Waals surface area contributed by atoms with Crippen LogP contribution in [-0.4, -0.2) is 20.9 Å². The van der Waals surface area contributed by atoms with E-state index in [2.05, 4.69) is 10.0 Å². The van der Waals surface area contributed by atoms with E-state index in [-0.39, 0.29) is 10.5 Å². The molecule has 0 saturated heterocycles. The minimum absolute atomic E-state index is 0.0519. The number of aryl methyl sites for hydroxylation is 2. The van der Waals surface area contributed by atoms with E-state index in [1.165, 1.54) is 13.0 Å². The van der Waals surface area contributed by atoms with Crippen LogP contribution in [0.1, 0.15) is 18.1 Å². The van der Waals surface area contributed by atoms with Crippen molar-refractivity contribution in [1.82, 2.24) is 4.72 Å². The van der Waals surface area contributed by atoms with E-state index in [9.17, 15) is 17.6 Å². The first kappa shape index (κ1) is 18.1. The summed E-state index contributed by atoms with van der Waals surface area (Å²) in [7, 11) is -3.88. The van der Waals surface area contributed by atoms with Gasteiger partial charge in [0.05, 0.1) is 11.4 Å². The van der Waals surface area contributed by atoms with Gasteiger partial charge in [-0.15, -0.1) is 0 Å². The van der Waals surface area contributed by atoms with Gasteiger partial charge < -0.3 is 5.32 Å². The van der Waals surface area contributed by atoms with E-state index in [0.29, 0.717) is 5.69 Å². The Morgan fingerprint density at radius 3 is 2.38 bits per heavy atom. The molecule has 0 radical (unpaired) electrons. The van der Waals surface area contributed by atoms with Gasteiger partial charge >= 0.3 is 0 Å². The van der Waals surface area contributed by atoms with E-state index < -0.39 is 28.3 Å². The third kappa shape index (κ3) is 4.62. The van der Waals surface area contributed by atoms with Crippen molar-refractivity contribution in [3.63, 3.8) is 0 Å². The quantitative estimate of drug-likeness (QED) is 0.841. The number of rotatable bonds is 6. The molecule has 2 N–H and O–H groups in total. The zero-order valence-corrected chi connectivity index (χ0v) is 14.3. The third-order valence-electron chi connectivity index (χ3n) is 3.50. The number of sulfonamides is 1. The van der Waals surface area contributed by atoms with Crippen LogP contribution in [-0.2, 0) is 21.2 Å². The van der Waals surface area contributed by atoms with Crippen molar-refractivity contribution in [2.75, 3.05) is 11.9 Å². The summed E-state index contributed by atoms with van der Waals surface area (Å²) < 4.78 is 39.7. The molecule has 2 aromatic rings. The molecule has 0 atom stereocenters. The maximum atomic E-state index is 13.1. The number of benzene rings is 2. The van der Waals surface area contributed by atoms with Gasteiger partial charge in [-0.1, -0.05) is 19.1 Å². The van der Waals surface area contributed by atoms with Crippen molar-refractivity contribution in [1.29, 1.82) is 0 Å². The average Bonchev–Trinajstić information content (AvgIpc) is 2.53. The molecule has 0 unspecified atom stereocenters. The molecule has 1 amide bonds. The summed E-state index contributed by atoms with van der Waals surface area (Å²) in [5.74, 6) is -0.998. The predicted octanol–water partition coefficient (Wildman–Crippen LogP) is 2.61. The van der Waals surface area contributed by atoms with Gasteiger partial charge in [0.1, 0.15) is 5.82 Å². The number of anilines is 1. The Bertz CT molecular complexity index is 833. The summed E-state index contributed by atoms with van der Waals surface area (Å²) >= 11 is 0. The lowest BCUT2D eigenvalue weighted by Gasteiger charge is -2.10. The molecule has 128 valence electrons. The van der Waals surface area contributed by atoms with Gasteiger partial charge in [-0.05, 0) is 54.8 Å². The van der Waals surface area contributed by atoms with Crippen LogP contribution in [0.4, 0.5) is 10.1 Å². The maximum Gasteiger partial charge on any atom is 0.241 e. The van der Waals surface area contributed by atoms with Crippen LogP contribution in [0.3, 0.4) is 0 Å². The Morgan fingerprint density at radius 1 is 1.12 bits per heavy atom. The fourth-order valence-electron chi connectivity index (χ4n) is 2.18. The number of hydrogen-bond acceptors (Lipinski definition) is 3. The molecule has 0 aliphatic rings. The summed E-state index contributed by atoms with van der Waals surface area (Å²) in [6.07, 6.45) is 0.894. The highest BCUT2D eigenvalue weighted by Gasteiger charge is 2.18. The first-order valence-electron chi connectivity index (χ1n) is 7.46. The zero-order chi connectivity index (χ0) is 17.7. The molecule has 0 aliphatic heterocycles. The van der Waals surface area contributed by atoms with E-state index in [0.717, 1.165) is 24.1 Å². The molecule has 2 rings (SSSR count). The lowest BCUT2D eigenvalue weighted by molar-refractivity contribution is -0.115. The predicted molar refractivity (Wildman–Crippen MR) is 90.8 cm³/mol. The second-order valence-electron chi connectivity index (χ2n) is 5.33. The normalized spacial score (nSPS) is 11.3. The zero-order valence-electron chi connectivity index (χ0n) is 13.5. The van der Waals surface area contributed by atoms with Crippen molar-refractivity contribution < 1.29 is 17.6 Å². The monoisotopic (exact) mass is 350 g/mol. The molecule has 24 heavy (non-hydrogen) atoms. The SMILES string of the molecule is CCc1ccc(NC(=O)CNS(=O)(=O)c2ccc(F)cc2C)cc1. The Morgan fingerprint density at radius 2 is 1.79 bits per heavy atom. The molecule has 7 heteroatoms. The molecule has 0 bridgehead atoms. The molecule has 2 aromatic carbocycles. The molecule has 0 fully saturated rings. The van der Waals surface area contributed by atoms with E-state index in [1.54, 1.807) is 12.1 Å². The number of amides is 1. The Hall–Kier alpha value is -2.25. The highest BCUT2D eigenvalue weighted by atomic mass is 32.2. The Balaban J connectivity index is 1.99. The second-order valence-corrected chi connectivity index (χ2v) is 7.07. The molecular weight excluding hydrogens is 331 g/mol. The lowest BCUT2D eigenvalue weighted by atomic mass is 10.1. The average molecular weight is 350 g/mol. The first-order valence-corrected chi connectivity index (χ1v) is 8.95. The second kappa shape index (κ2) is 7.55. The largest absolute Gasteiger partial charge is 0.325 e. The molecule has 0 spiro atoms. The molecule has 0 aromatic heterocycles. The molecule has 0 saturated carbocycles. The first-order chi connectivity index (χ1) is 11.3. The minimum atomic E-state index is -3.88. The van der Waals surface area contributed by atoms with Gasteiger partial charge in [0, 0.05) is 5.69 Å². The lowest BCUT2D eigenvalue weighted by Crippen LogP contribution is -2.33. The highest BCUT2D eigenvalue weighted by Crippen LogP contribution is 2.16. The topological polar surface area (TPSA) is 75.3 Å². The fraction of sp³-hybridized carbons (Fsp3) is 0.235. The number of hydrogen-bond donors (Lipinski definition) is 2. The van der Waals surface area contributed by atoms with Crippen LogP contribution >= 0.6 is 0 Å². The van der Waals surface area contributed by atoms with Gasteiger partial charge in [-0.3, -0.25) is 4.79 Å². The summed E-state index contributed by atoms with van der Waals surface area (Å²) in [5.41, 5.74) is 2.01. The molecular formula is C17H19FN2O3S. The van der Waals surface area contributed by atoms with Crippen LogP contribution in [0.5, 0.6) is 0 Å². The minimum Gasteiger partial charge on any atom is -0.325 e. The van der Waals surface area contributed by atoms with Crippen LogP contribution < -0.4 is 10.0 Å². The Kier molecular flexibility index (Phi) is 5.69. The van der Waals surface area contributed by atoms with E-state index in [4.69, 9.17) is 0 Å². The molecule has 5 nitrogen and oxygen atoms in total. The molecule has 0 aliphatic carbocycles. The van der Waals surface area contributed by atoms with Gasteiger partial charge in [0.25, 0.3) is 0 Å². The van der Waals surface area contributed by atoms with Crippen molar-refractivity contribution in [2.24, 2.45) is 0 Å². The summed E-state index contributed by atoms with van der Waals surface area (Å²) in [4.78, 5) is 11.8. The van der Waals surface area contributed by atoms with Crippen molar-refractivity contribution >= 4 is 21.6 Å². The maximum absolute atomic E-state index is 13.1. The van der Waals surface area contributed by atoms with Crippen molar-refractivity contribution in [3.8, 4) is 0 Å². The van der Waals surface area contributed by atoms with Gasteiger partial charge in [-0.2, -0.15) is 0 Å². The summed E-state index contributed by atoms with van der Waals surface area (Å²) in [6, 6.07) is 10.7. The van der Waals surface area contributed by atoms with E-state index >= 15 is 0 Å². The van der Waals surface area contributed by atoms with Crippen molar-refractivity contribution in [3.05, 3.63) is 59.4 Å².